The quantitative estimate of drug-likeness (QED) is 0.654. The van der Waals surface area contributed by atoms with Crippen molar-refractivity contribution in [3.8, 4) is 0 Å². The molecule has 2 heterocycles. The van der Waals surface area contributed by atoms with E-state index in [4.69, 9.17) is 0 Å². The van der Waals surface area contributed by atoms with Crippen molar-refractivity contribution in [1.82, 2.24) is 9.80 Å². The number of hydrogen-bond donors (Lipinski definition) is 0. The molecule has 0 aromatic heterocycles. The first-order chi connectivity index (χ1) is 13.4. The molecule has 1 aromatic carbocycles. The van der Waals surface area contributed by atoms with Gasteiger partial charge in [-0.1, -0.05) is 31.9 Å². The lowest BCUT2D eigenvalue weighted by Gasteiger charge is -2.29. The van der Waals surface area contributed by atoms with Crippen molar-refractivity contribution in [3.05, 3.63) is 59.6 Å². The molecule has 1 aromatic rings. The summed E-state index contributed by atoms with van der Waals surface area (Å²) in [6.45, 7) is 3.37. The zero-order valence-corrected chi connectivity index (χ0v) is 16.7. The number of fused-ring (bicyclic) bond motifs is 1. The standard InChI is InChI=1S/C20H24FN3O3S/c1-2-3-4-11-24(14-16-5-8-18(21)9-6-16)20(25)17-7-10-19-22-28(26,27)13-12-23(19)15-17/h5-10,15H,2-4,11-14H2,1H3. The molecule has 2 aliphatic heterocycles. The molecule has 0 saturated carbocycles. The minimum Gasteiger partial charge on any atom is -0.334 e. The summed E-state index contributed by atoms with van der Waals surface area (Å²) in [6.07, 6.45) is 7.77. The van der Waals surface area contributed by atoms with Crippen molar-refractivity contribution >= 4 is 21.8 Å². The molecule has 0 spiro atoms. The van der Waals surface area contributed by atoms with Crippen molar-refractivity contribution in [2.45, 2.75) is 32.7 Å². The molecule has 0 aliphatic carbocycles. The Morgan fingerprint density at radius 3 is 2.68 bits per heavy atom. The van der Waals surface area contributed by atoms with E-state index in [0.29, 0.717) is 24.5 Å². The van der Waals surface area contributed by atoms with Crippen LogP contribution >= 0.6 is 0 Å². The van der Waals surface area contributed by atoms with Crippen LogP contribution in [0.1, 0.15) is 31.7 Å². The van der Waals surface area contributed by atoms with Crippen molar-refractivity contribution in [2.75, 3.05) is 18.8 Å². The second-order valence-corrected chi connectivity index (χ2v) is 8.66. The summed E-state index contributed by atoms with van der Waals surface area (Å²) in [5, 5.41) is 0. The maximum atomic E-state index is 13.2. The van der Waals surface area contributed by atoms with E-state index < -0.39 is 10.0 Å². The number of carbonyl (C=O) groups excluding carboxylic acids is 1. The Morgan fingerprint density at radius 2 is 1.96 bits per heavy atom. The Labute approximate surface area is 165 Å². The first-order valence-corrected chi connectivity index (χ1v) is 11.0. The average molecular weight is 405 g/mol. The second kappa shape index (κ2) is 8.68. The van der Waals surface area contributed by atoms with Crippen LogP contribution in [0.4, 0.5) is 4.39 Å². The van der Waals surface area contributed by atoms with Gasteiger partial charge in [0.15, 0.2) is 0 Å². The number of unbranched alkanes of at least 4 members (excludes halogenated alkanes) is 2. The van der Waals surface area contributed by atoms with Gasteiger partial charge in [-0.3, -0.25) is 4.79 Å². The molecule has 0 N–H and O–H groups in total. The summed E-state index contributed by atoms with van der Waals surface area (Å²) in [5.74, 6) is -0.182. The number of rotatable bonds is 7. The van der Waals surface area contributed by atoms with E-state index in [2.05, 4.69) is 11.3 Å². The van der Waals surface area contributed by atoms with E-state index in [-0.39, 0.29) is 24.0 Å². The summed E-state index contributed by atoms with van der Waals surface area (Å²) in [7, 11) is -3.43. The highest BCUT2D eigenvalue weighted by atomic mass is 32.2. The van der Waals surface area contributed by atoms with E-state index in [1.165, 1.54) is 12.1 Å². The third kappa shape index (κ3) is 5.07. The summed E-state index contributed by atoms with van der Waals surface area (Å²) >= 11 is 0. The number of benzene rings is 1. The molecule has 1 amide bonds. The average Bonchev–Trinajstić information content (AvgIpc) is 2.67. The number of amides is 1. The molecule has 0 atom stereocenters. The van der Waals surface area contributed by atoms with Gasteiger partial charge in [-0.2, -0.15) is 0 Å². The topological polar surface area (TPSA) is 70.1 Å². The molecule has 150 valence electrons. The predicted molar refractivity (Wildman–Crippen MR) is 106 cm³/mol. The minimum absolute atomic E-state index is 0.0713. The third-order valence-corrected chi connectivity index (χ3v) is 5.84. The van der Waals surface area contributed by atoms with Gasteiger partial charge in [0.1, 0.15) is 11.7 Å². The zero-order chi connectivity index (χ0) is 20.1. The van der Waals surface area contributed by atoms with Gasteiger partial charge in [0, 0.05) is 25.8 Å². The summed E-state index contributed by atoms with van der Waals surface area (Å²) < 4.78 is 40.2. The van der Waals surface area contributed by atoms with Crippen LogP contribution in [0.15, 0.2) is 52.6 Å². The fraction of sp³-hybridized carbons (Fsp3) is 0.400. The lowest BCUT2D eigenvalue weighted by Crippen LogP contribution is -2.39. The fourth-order valence-electron chi connectivity index (χ4n) is 3.13. The summed E-state index contributed by atoms with van der Waals surface area (Å²) in [6, 6.07) is 6.14. The van der Waals surface area contributed by atoms with Crippen LogP contribution in [0.5, 0.6) is 0 Å². The highest BCUT2D eigenvalue weighted by Gasteiger charge is 2.26. The summed E-state index contributed by atoms with van der Waals surface area (Å²) in [4.78, 5) is 16.6. The van der Waals surface area contributed by atoms with Crippen molar-refractivity contribution in [1.29, 1.82) is 0 Å². The van der Waals surface area contributed by atoms with Crippen LogP contribution in [0.25, 0.3) is 0 Å². The van der Waals surface area contributed by atoms with Gasteiger partial charge in [-0.15, -0.1) is 4.40 Å². The molecule has 0 unspecified atom stereocenters. The highest BCUT2D eigenvalue weighted by Crippen LogP contribution is 2.19. The van der Waals surface area contributed by atoms with Crippen LogP contribution in [-0.2, 0) is 21.4 Å². The van der Waals surface area contributed by atoms with E-state index in [1.54, 1.807) is 40.3 Å². The lowest BCUT2D eigenvalue weighted by molar-refractivity contribution is -0.127. The van der Waals surface area contributed by atoms with Crippen LogP contribution in [0.3, 0.4) is 0 Å². The van der Waals surface area contributed by atoms with Gasteiger partial charge in [0.05, 0.1) is 11.3 Å². The fourth-order valence-corrected chi connectivity index (χ4v) is 4.09. The van der Waals surface area contributed by atoms with Gasteiger partial charge < -0.3 is 9.80 Å². The zero-order valence-electron chi connectivity index (χ0n) is 15.8. The predicted octanol–water partition coefficient (Wildman–Crippen LogP) is 2.84. The van der Waals surface area contributed by atoms with E-state index >= 15 is 0 Å². The normalized spacial score (nSPS) is 17.6. The smallest absolute Gasteiger partial charge is 0.256 e. The van der Waals surface area contributed by atoms with Crippen LogP contribution < -0.4 is 0 Å². The monoisotopic (exact) mass is 405 g/mol. The Kier molecular flexibility index (Phi) is 6.28. The van der Waals surface area contributed by atoms with Gasteiger partial charge in [-0.05, 0) is 36.3 Å². The number of hydrogen-bond acceptors (Lipinski definition) is 4. The molecule has 2 aliphatic rings. The van der Waals surface area contributed by atoms with Crippen LogP contribution in [0.2, 0.25) is 0 Å². The maximum absolute atomic E-state index is 13.2. The number of amidine groups is 1. The number of sulfonamides is 1. The largest absolute Gasteiger partial charge is 0.334 e. The molecule has 28 heavy (non-hydrogen) atoms. The van der Waals surface area contributed by atoms with Crippen LogP contribution in [-0.4, -0.2) is 48.8 Å². The Hall–Kier alpha value is -2.48. The van der Waals surface area contributed by atoms with Gasteiger partial charge in [0.2, 0.25) is 0 Å². The molecular formula is C20H24FN3O3S. The number of nitrogens with zero attached hydrogens (tertiary/aromatic N) is 3. The van der Waals surface area contributed by atoms with Crippen molar-refractivity contribution < 1.29 is 17.6 Å². The van der Waals surface area contributed by atoms with Crippen molar-refractivity contribution in [3.63, 3.8) is 0 Å². The Bertz CT molecular complexity index is 921. The summed E-state index contributed by atoms with van der Waals surface area (Å²) in [5.41, 5.74) is 1.34. The first kappa shape index (κ1) is 20.3. The van der Waals surface area contributed by atoms with Crippen molar-refractivity contribution in [2.24, 2.45) is 4.40 Å². The molecule has 3 rings (SSSR count). The minimum atomic E-state index is -3.43. The molecule has 0 radical (unpaired) electrons. The number of halogens is 1. The lowest BCUT2D eigenvalue weighted by atomic mass is 10.1. The van der Waals surface area contributed by atoms with E-state index in [1.807, 2.05) is 0 Å². The second-order valence-electron chi connectivity index (χ2n) is 6.91. The van der Waals surface area contributed by atoms with E-state index in [9.17, 15) is 17.6 Å². The van der Waals surface area contributed by atoms with E-state index in [0.717, 1.165) is 24.8 Å². The van der Waals surface area contributed by atoms with Gasteiger partial charge in [-0.25, -0.2) is 12.8 Å². The van der Waals surface area contributed by atoms with Crippen LogP contribution in [0, 0.1) is 5.82 Å². The Morgan fingerprint density at radius 1 is 1.21 bits per heavy atom. The molecule has 0 bridgehead atoms. The first-order valence-electron chi connectivity index (χ1n) is 9.41. The SMILES string of the molecule is CCCCCN(Cc1ccc(F)cc1)C(=O)C1=CN2CCS(=O)(=O)N=C2C=C1. The molecular weight excluding hydrogens is 381 g/mol. The molecule has 0 saturated heterocycles. The molecule has 8 heteroatoms. The molecule has 6 nitrogen and oxygen atoms in total. The molecule has 0 fully saturated rings. The Balaban J connectivity index is 1.78. The van der Waals surface area contributed by atoms with Gasteiger partial charge in [0.25, 0.3) is 15.9 Å². The highest BCUT2D eigenvalue weighted by molar-refractivity contribution is 7.90. The third-order valence-electron chi connectivity index (χ3n) is 4.68. The maximum Gasteiger partial charge on any atom is 0.256 e. The van der Waals surface area contributed by atoms with Gasteiger partial charge >= 0.3 is 0 Å². The number of carbonyl (C=O) groups is 1.